The van der Waals surface area contributed by atoms with Gasteiger partial charge in [0, 0.05) is 19.0 Å². The van der Waals surface area contributed by atoms with Crippen molar-refractivity contribution in [3.05, 3.63) is 0 Å². The van der Waals surface area contributed by atoms with Crippen LogP contribution in [-0.4, -0.2) is 29.8 Å². The first kappa shape index (κ1) is 13.6. The maximum absolute atomic E-state index is 11.0. The third-order valence-corrected chi connectivity index (χ3v) is 2.86. The van der Waals surface area contributed by atoms with Gasteiger partial charge in [-0.1, -0.05) is 27.2 Å². The molecule has 84 valence electrons. The Labute approximate surface area is 88.7 Å². The van der Waals surface area contributed by atoms with E-state index in [4.69, 9.17) is 0 Å². The second-order valence-corrected chi connectivity index (χ2v) is 4.36. The normalized spacial score (nSPS) is 15.6. The molecule has 0 N–H and O–H groups in total. The predicted molar refractivity (Wildman–Crippen MR) is 61.5 cm³/mol. The number of nitrogens with zero attached hydrogens (tertiary/aromatic N) is 1. The highest BCUT2D eigenvalue weighted by molar-refractivity contribution is 5.76. The van der Waals surface area contributed by atoms with Gasteiger partial charge in [-0.05, 0) is 26.3 Å². The number of carbonyl (C=O) groups is 1. The van der Waals surface area contributed by atoms with Gasteiger partial charge in [0.2, 0.25) is 0 Å². The molecule has 0 radical (unpaired) electrons. The van der Waals surface area contributed by atoms with Crippen molar-refractivity contribution in [2.75, 3.05) is 13.1 Å². The summed E-state index contributed by atoms with van der Waals surface area (Å²) in [5, 5.41) is 0. The van der Waals surface area contributed by atoms with Crippen LogP contribution in [0.1, 0.15) is 47.5 Å². The van der Waals surface area contributed by atoms with Crippen molar-refractivity contribution in [3.63, 3.8) is 0 Å². The van der Waals surface area contributed by atoms with E-state index in [1.807, 2.05) is 0 Å². The number of ketones is 1. The lowest BCUT2D eigenvalue weighted by atomic mass is 10.1. The van der Waals surface area contributed by atoms with Gasteiger partial charge in [-0.25, -0.2) is 0 Å². The van der Waals surface area contributed by atoms with Crippen molar-refractivity contribution in [1.82, 2.24) is 4.90 Å². The highest BCUT2D eigenvalue weighted by Gasteiger charge is 2.15. The molecular weight excluding hydrogens is 174 g/mol. The van der Waals surface area contributed by atoms with E-state index in [9.17, 15) is 4.79 Å². The molecule has 0 aliphatic rings. The van der Waals surface area contributed by atoms with Crippen molar-refractivity contribution < 1.29 is 4.79 Å². The third kappa shape index (κ3) is 5.38. The fraction of sp³-hybridized carbons (Fsp3) is 0.917. The summed E-state index contributed by atoms with van der Waals surface area (Å²) < 4.78 is 0. The smallest absolute Gasteiger partial charge is 0.131 e. The Hall–Kier alpha value is -0.370. The molecule has 0 aromatic rings. The van der Waals surface area contributed by atoms with E-state index in [-0.39, 0.29) is 0 Å². The molecule has 2 unspecified atom stereocenters. The summed E-state index contributed by atoms with van der Waals surface area (Å²) in [6, 6.07) is 0.395. The van der Waals surface area contributed by atoms with Crippen LogP contribution in [0.5, 0.6) is 0 Å². The van der Waals surface area contributed by atoms with Gasteiger partial charge in [-0.3, -0.25) is 4.79 Å². The van der Waals surface area contributed by atoms with E-state index in [2.05, 4.69) is 32.6 Å². The molecule has 0 rings (SSSR count). The molecule has 0 amide bonds. The molecule has 0 aromatic heterocycles. The molecular formula is C12H25NO. The van der Waals surface area contributed by atoms with E-state index in [1.165, 1.54) is 6.42 Å². The first-order valence-electron chi connectivity index (χ1n) is 5.74. The number of rotatable bonds is 7. The summed E-state index contributed by atoms with van der Waals surface area (Å²) in [4.78, 5) is 13.4. The van der Waals surface area contributed by atoms with Crippen LogP contribution >= 0.6 is 0 Å². The first-order chi connectivity index (χ1) is 6.51. The minimum absolute atomic E-state index is 0.292. The molecule has 2 nitrogen and oxygen atoms in total. The number of Topliss-reactive ketones (excluding diaryl/α,β-unsaturated/α-hetero) is 1. The average molecular weight is 199 g/mol. The molecule has 0 aliphatic carbocycles. The number of hydrogen-bond donors (Lipinski definition) is 0. The number of hydrogen-bond acceptors (Lipinski definition) is 2. The quantitative estimate of drug-likeness (QED) is 0.628. The summed E-state index contributed by atoms with van der Waals surface area (Å²) in [7, 11) is 0. The Morgan fingerprint density at radius 1 is 1.29 bits per heavy atom. The molecule has 0 saturated heterocycles. The first-order valence-corrected chi connectivity index (χ1v) is 5.74. The fourth-order valence-corrected chi connectivity index (χ4v) is 1.70. The lowest BCUT2D eigenvalue weighted by molar-refractivity contribution is -0.118. The summed E-state index contributed by atoms with van der Waals surface area (Å²) in [6.45, 7) is 12.6. The van der Waals surface area contributed by atoms with Crippen LogP contribution in [0.2, 0.25) is 0 Å². The van der Waals surface area contributed by atoms with Crippen molar-refractivity contribution in [3.8, 4) is 0 Å². The minimum Gasteiger partial charge on any atom is -0.300 e. The van der Waals surface area contributed by atoms with Gasteiger partial charge in [0.1, 0.15) is 5.78 Å². The molecule has 0 aromatic carbocycles. The topological polar surface area (TPSA) is 20.3 Å². The van der Waals surface area contributed by atoms with Crippen LogP contribution in [0.25, 0.3) is 0 Å². The van der Waals surface area contributed by atoms with Gasteiger partial charge >= 0.3 is 0 Å². The minimum atomic E-state index is 0.292. The fourth-order valence-electron chi connectivity index (χ4n) is 1.70. The van der Waals surface area contributed by atoms with E-state index in [0.29, 0.717) is 18.2 Å². The Balaban J connectivity index is 4.04. The third-order valence-electron chi connectivity index (χ3n) is 2.86. The summed E-state index contributed by atoms with van der Waals surface area (Å²) in [5.74, 6) is 1.02. The van der Waals surface area contributed by atoms with E-state index in [0.717, 1.165) is 19.0 Å². The standard InChI is InChI=1S/C12H25NO/c1-6-10(3)9-13(7-2)11(4)8-12(5)14/h10-11H,6-9H2,1-5H3. The van der Waals surface area contributed by atoms with Crippen molar-refractivity contribution >= 4 is 5.78 Å². The molecule has 0 fully saturated rings. The van der Waals surface area contributed by atoms with Crippen LogP contribution in [0.15, 0.2) is 0 Å². The predicted octanol–water partition coefficient (Wildman–Crippen LogP) is 2.72. The highest BCUT2D eigenvalue weighted by Crippen LogP contribution is 2.10. The van der Waals surface area contributed by atoms with E-state index >= 15 is 0 Å². The maximum atomic E-state index is 11.0. The van der Waals surface area contributed by atoms with Crippen molar-refractivity contribution in [2.45, 2.75) is 53.5 Å². The van der Waals surface area contributed by atoms with Crippen LogP contribution in [0, 0.1) is 5.92 Å². The van der Waals surface area contributed by atoms with Gasteiger partial charge < -0.3 is 4.90 Å². The molecule has 2 atom stereocenters. The van der Waals surface area contributed by atoms with Gasteiger partial charge in [-0.15, -0.1) is 0 Å². The molecule has 0 saturated carbocycles. The lowest BCUT2D eigenvalue weighted by Gasteiger charge is -2.29. The van der Waals surface area contributed by atoms with E-state index in [1.54, 1.807) is 6.92 Å². The Morgan fingerprint density at radius 2 is 1.86 bits per heavy atom. The van der Waals surface area contributed by atoms with Crippen LogP contribution in [0.3, 0.4) is 0 Å². The van der Waals surface area contributed by atoms with Gasteiger partial charge in [0.05, 0.1) is 0 Å². The highest BCUT2D eigenvalue weighted by atomic mass is 16.1. The monoisotopic (exact) mass is 199 g/mol. The Morgan fingerprint density at radius 3 is 2.21 bits per heavy atom. The van der Waals surface area contributed by atoms with Crippen LogP contribution in [-0.2, 0) is 4.79 Å². The average Bonchev–Trinajstić information content (AvgIpc) is 2.12. The summed E-state index contributed by atoms with van der Waals surface area (Å²) in [5.41, 5.74) is 0. The van der Waals surface area contributed by atoms with Crippen molar-refractivity contribution in [1.29, 1.82) is 0 Å². The molecule has 2 heteroatoms. The largest absolute Gasteiger partial charge is 0.300 e. The number of carbonyl (C=O) groups excluding carboxylic acids is 1. The summed E-state index contributed by atoms with van der Waals surface area (Å²) >= 11 is 0. The van der Waals surface area contributed by atoms with E-state index < -0.39 is 0 Å². The molecule has 0 bridgehead atoms. The molecule has 0 aliphatic heterocycles. The molecule has 0 spiro atoms. The zero-order chi connectivity index (χ0) is 11.1. The molecule has 0 heterocycles. The Bertz CT molecular complexity index is 168. The lowest BCUT2D eigenvalue weighted by Crippen LogP contribution is -2.37. The molecule has 14 heavy (non-hydrogen) atoms. The van der Waals surface area contributed by atoms with Crippen LogP contribution < -0.4 is 0 Å². The van der Waals surface area contributed by atoms with Gasteiger partial charge in [0.15, 0.2) is 0 Å². The van der Waals surface area contributed by atoms with Crippen molar-refractivity contribution in [2.24, 2.45) is 5.92 Å². The summed E-state index contributed by atoms with van der Waals surface area (Å²) in [6.07, 6.45) is 1.90. The second kappa shape index (κ2) is 6.99. The zero-order valence-corrected chi connectivity index (χ0v) is 10.3. The van der Waals surface area contributed by atoms with Gasteiger partial charge in [0.25, 0.3) is 0 Å². The zero-order valence-electron chi connectivity index (χ0n) is 10.3. The maximum Gasteiger partial charge on any atom is 0.131 e. The SMILES string of the molecule is CCC(C)CN(CC)C(C)CC(C)=O. The van der Waals surface area contributed by atoms with Crippen LogP contribution in [0.4, 0.5) is 0 Å². The Kier molecular flexibility index (Phi) is 6.81. The second-order valence-electron chi connectivity index (χ2n) is 4.36. The van der Waals surface area contributed by atoms with Gasteiger partial charge in [-0.2, -0.15) is 0 Å².